The minimum Gasteiger partial charge on any atom is -0.427 e. The number of hydrogen-bond donors (Lipinski definition) is 1. The Labute approximate surface area is 158 Å². The van der Waals surface area contributed by atoms with E-state index in [0.29, 0.717) is 11.3 Å². The fraction of sp³-hybridized carbons (Fsp3) is 0.667. The van der Waals surface area contributed by atoms with E-state index in [9.17, 15) is 18.0 Å². The Hall–Kier alpha value is -1.71. The lowest BCUT2D eigenvalue weighted by Gasteiger charge is -2.24. The van der Waals surface area contributed by atoms with E-state index >= 15 is 0 Å². The smallest absolute Gasteiger partial charge is 0.349 e. The zero-order valence-electron chi connectivity index (χ0n) is 15.9. The Kier molecular flexibility index (Phi) is 5.73. The summed E-state index contributed by atoms with van der Waals surface area (Å²) in [6.45, 7) is 2.17. The van der Waals surface area contributed by atoms with E-state index in [1.165, 1.54) is 14.1 Å². The number of amides is 1. The van der Waals surface area contributed by atoms with Crippen molar-refractivity contribution in [1.29, 1.82) is 0 Å². The molecular formula is C18H26N2O6S. The van der Waals surface area contributed by atoms with Gasteiger partial charge in [-0.25, -0.2) is 17.5 Å². The second-order valence-corrected chi connectivity index (χ2v) is 9.79. The van der Waals surface area contributed by atoms with E-state index in [-0.39, 0.29) is 36.4 Å². The van der Waals surface area contributed by atoms with Crippen LogP contribution in [0.3, 0.4) is 0 Å². The highest BCUT2D eigenvalue weighted by molar-refractivity contribution is 7.89. The summed E-state index contributed by atoms with van der Waals surface area (Å²) in [5, 5.41) is 2.76. The standard InChI is InChI=1S/C18H26N2O6S/c1-11-7-15(12-5-4-6-12)26-18(22)16(11)17(21)19-14-9-25-8-13(14)10-27(23,24)20(2)3/h7,12-14H,4-6,8-10H2,1-3H3,(H,19,21)/t13-,14-/m0/s1. The molecule has 1 saturated carbocycles. The lowest BCUT2D eigenvalue weighted by atomic mass is 9.83. The van der Waals surface area contributed by atoms with E-state index in [1.807, 2.05) is 0 Å². The SMILES string of the molecule is Cc1cc(C2CCC2)oc(=O)c1C(=O)N[C@H]1COC[C@H]1CS(=O)(=O)N(C)C. The van der Waals surface area contributed by atoms with Crippen LogP contribution >= 0.6 is 0 Å². The zero-order valence-corrected chi connectivity index (χ0v) is 16.7. The van der Waals surface area contributed by atoms with Crippen LogP contribution in [0.2, 0.25) is 0 Å². The second kappa shape index (κ2) is 7.73. The van der Waals surface area contributed by atoms with Crippen LogP contribution in [0.1, 0.15) is 46.9 Å². The zero-order chi connectivity index (χ0) is 19.8. The molecule has 27 heavy (non-hydrogen) atoms. The van der Waals surface area contributed by atoms with Gasteiger partial charge in [-0.05, 0) is 31.4 Å². The summed E-state index contributed by atoms with van der Waals surface area (Å²) in [6, 6.07) is 1.29. The Morgan fingerprint density at radius 2 is 2.00 bits per heavy atom. The van der Waals surface area contributed by atoms with Gasteiger partial charge in [0.15, 0.2) is 0 Å². The molecule has 0 spiro atoms. The predicted octanol–water partition coefficient (Wildman–Crippen LogP) is 0.852. The fourth-order valence-corrected chi connectivity index (χ4v) is 4.55. The molecule has 1 aromatic heterocycles. The molecule has 150 valence electrons. The number of hydrogen-bond acceptors (Lipinski definition) is 6. The number of carbonyl (C=O) groups is 1. The van der Waals surface area contributed by atoms with E-state index < -0.39 is 27.6 Å². The van der Waals surface area contributed by atoms with Gasteiger partial charge in [0.2, 0.25) is 10.0 Å². The van der Waals surface area contributed by atoms with Crippen molar-refractivity contribution < 1.29 is 22.4 Å². The summed E-state index contributed by atoms with van der Waals surface area (Å²) in [5.74, 6) is -0.150. The van der Waals surface area contributed by atoms with Crippen LogP contribution in [0.5, 0.6) is 0 Å². The molecule has 1 aliphatic heterocycles. The molecule has 1 saturated heterocycles. The molecule has 2 atom stereocenters. The summed E-state index contributed by atoms with van der Waals surface area (Å²) in [4.78, 5) is 25.0. The minimum atomic E-state index is -3.42. The Bertz CT molecular complexity index is 872. The molecule has 0 unspecified atom stereocenters. The molecule has 3 rings (SSSR count). The lowest BCUT2D eigenvalue weighted by Crippen LogP contribution is -2.44. The van der Waals surface area contributed by atoms with Crippen molar-refractivity contribution in [2.45, 2.75) is 38.1 Å². The van der Waals surface area contributed by atoms with Crippen LogP contribution in [0.25, 0.3) is 0 Å². The van der Waals surface area contributed by atoms with E-state index in [2.05, 4.69) is 5.32 Å². The number of carbonyl (C=O) groups excluding carboxylic acids is 1. The third kappa shape index (κ3) is 4.25. The number of aryl methyl sites for hydroxylation is 1. The maximum Gasteiger partial charge on any atom is 0.349 e. The molecule has 1 amide bonds. The summed E-state index contributed by atoms with van der Waals surface area (Å²) < 4.78 is 36.1. The third-order valence-electron chi connectivity index (χ3n) is 5.40. The molecule has 9 heteroatoms. The van der Waals surface area contributed by atoms with E-state index in [4.69, 9.17) is 9.15 Å². The summed E-state index contributed by atoms with van der Waals surface area (Å²) in [5.41, 5.74) is -0.105. The minimum absolute atomic E-state index is 0.0285. The maximum absolute atomic E-state index is 12.7. The monoisotopic (exact) mass is 398 g/mol. The van der Waals surface area contributed by atoms with Gasteiger partial charge in [0.25, 0.3) is 5.91 Å². The molecular weight excluding hydrogens is 372 g/mol. The van der Waals surface area contributed by atoms with Gasteiger partial charge in [0.05, 0.1) is 25.0 Å². The molecule has 2 fully saturated rings. The first-order valence-electron chi connectivity index (χ1n) is 9.12. The van der Waals surface area contributed by atoms with Gasteiger partial charge in [-0.15, -0.1) is 0 Å². The molecule has 1 N–H and O–H groups in total. The number of rotatable bonds is 6. The van der Waals surface area contributed by atoms with Gasteiger partial charge < -0.3 is 14.5 Å². The molecule has 0 radical (unpaired) electrons. The Morgan fingerprint density at radius 3 is 2.56 bits per heavy atom. The highest BCUT2D eigenvalue weighted by atomic mass is 32.2. The topological polar surface area (TPSA) is 106 Å². The average molecular weight is 398 g/mol. The van der Waals surface area contributed by atoms with Gasteiger partial charge in [-0.2, -0.15) is 0 Å². The van der Waals surface area contributed by atoms with Crippen LogP contribution in [0.15, 0.2) is 15.3 Å². The Morgan fingerprint density at radius 1 is 1.30 bits per heavy atom. The number of sulfonamides is 1. The van der Waals surface area contributed by atoms with Crippen LogP contribution < -0.4 is 10.9 Å². The first-order valence-corrected chi connectivity index (χ1v) is 10.7. The summed E-state index contributed by atoms with van der Waals surface area (Å²) in [7, 11) is -0.483. The molecule has 8 nitrogen and oxygen atoms in total. The third-order valence-corrected chi connectivity index (χ3v) is 7.36. The molecule has 2 aliphatic rings. The molecule has 0 aromatic carbocycles. The van der Waals surface area contributed by atoms with Gasteiger partial charge in [-0.1, -0.05) is 6.42 Å². The first kappa shape index (κ1) is 20.0. The van der Waals surface area contributed by atoms with Crippen molar-refractivity contribution in [1.82, 2.24) is 9.62 Å². The Balaban J connectivity index is 1.74. The average Bonchev–Trinajstić information content (AvgIpc) is 2.90. The van der Waals surface area contributed by atoms with E-state index in [0.717, 1.165) is 23.6 Å². The quantitative estimate of drug-likeness (QED) is 0.762. The normalized spacial score (nSPS) is 23.4. The number of nitrogens with zero attached hydrogens (tertiary/aromatic N) is 1. The van der Waals surface area contributed by atoms with E-state index in [1.54, 1.807) is 13.0 Å². The molecule has 1 aliphatic carbocycles. The van der Waals surface area contributed by atoms with Crippen molar-refractivity contribution in [3.8, 4) is 0 Å². The highest BCUT2D eigenvalue weighted by Gasteiger charge is 2.35. The maximum atomic E-state index is 12.7. The van der Waals surface area contributed by atoms with Crippen LogP contribution in [0.4, 0.5) is 0 Å². The molecule has 1 aromatic rings. The summed E-state index contributed by atoms with van der Waals surface area (Å²) in [6.07, 6.45) is 3.11. The first-order chi connectivity index (χ1) is 12.7. The summed E-state index contributed by atoms with van der Waals surface area (Å²) >= 11 is 0. The molecule has 0 bridgehead atoms. The largest absolute Gasteiger partial charge is 0.427 e. The highest BCUT2D eigenvalue weighted by Crippen LogP contribution is 2.36. The fourth-order valence-electron chi connectivity index (χ4n) is 3.38. The lowest BCUT2D eigenvalue weighted by molar-refractivity contribution is 0.0920. The van der Waals surface area contributed by atoms with Crippen LogP contribution in [-0.2, 0) is 14.8 Å². The number of nitrogens with one attached hydrogen (secondary N) is 1. The van der Waals surface area contributed by atoms with Crippen molar-refractivity contribution in [2.24, 2.45) is 5.92 Å². The van der Waals surface area contributed by atoms with Crippen molar-refractivity contribution in [2.75, 3.05) is 33.1 Å². The second-order valence-electron chi connectivity index (χ2n) is 7.56. The van der Waals surface area contributed by atoms with Crippen LogP contribution in [-0.4, -0.2) is 57.7 Å². The molecule has 2 heterocycles. The van der Waals surface area contributed by atoms with Crippen LogP contribution in [0, 0.1) is 12.8 Å². The van der Waals surface area contributed by atoms with Crippen molar-refractivity contribution in [3.05, 3.63) is 33.4 Å². The predicted molar refractivity (Wildman–Crippen MR) is 99.3 cm³/mol. The van der Waals surface area contributed by atoms with Gasteiger partial charge in [0, 0.05) is 25.9 Å². The van der Waals surface area contributed by atoms with Crippen molar-refractivity contribution in [3.63, 3.8) is 0 Å². The van der Waals surface area contributed by atoms with Gasteiger partial charge in [0.1, 0.15) is 11.3 Å². The van der Waals surface area contributed by atoms with Gasteiger partial charge in [-0.3, -0.25) is 4.79 Å². The number of ether oxygens (including phenoxy) is 1. The van der Waals surface area contributed by atoms with Gasteiger partial charge >= 0.3 is 5.63 Å². The van der Waals surface area contributed by atoms with Crippen molar-refractivity contribution >= 4 is 15.9 Å².